The van der Waals surface area contributed by atoms with E-state index in [2.05, 4.69) is 4.98 Å². The van der Waals surface area contributed by atoms with Crippen LogP contribution in [0.2, 0.25) is 5.02 Å². The second kappa shape index (κ2) is 5.13. The van der Waals surface area contributed by atoms with Crippen LogP contribution in [0, 0.1) is 6.92 Å². The van der Waals surface area contributed by atoms with Crippen molar-refractivity contribution < 1.29 is 9.90 Å². The summed E-state index contributed by atoms with van der Waals surface area (Å²) in [6, 6.07) is 9.02. The largest absolute Gasteiger partial charge is 0.506 e. The molecular formula is C16H12ClNO2S. The van der Waals surface area contributed by atoms with Crippen molar-refractivity contribution in [3.8, 4) is 16.3 Å². The first-order valence-corrected chi connectivity index (χ1v) is 7.56. The first-order valence-electron chi connectivity index (χ1n) is 6.36. The number of halogens is 1. The van der Waals surface area contributed by atoms with Crippen LogP contribution >= 0.6 is 22.9 Å². The fourth-order valence-electron chi connectivity index (χ4n) is 2.23. The van der Waals surface area contributed by atoms with Crippen LogP contribution in [0.5, 0.6) is 5.75 Å². The van der Waals surface area contributed by atoms with Crippen LogP contribution in [0.1, 0.15) is 22.8 Å². The molecule has 3 nitrogen and oxygen atoms in total. The van der Waals surface area contributed by atoms with Gasteiger partial charge in [0.05, 0.1) is 21.3 Å². The first-order chi connectivity index (χ1) is 9.95. The number of aromatic nitrogens is 1. The number of Topliss-reactive ketones (excluding diaryl/α,β-unsaturated/α-hetero) is 1. The monoisotopic (exact) mass is 317 g/mol. The molecule has 0 aliphatic heterocycles. The molecule has 0 atom stereocenters. The Balaban J connectivity index is 2.24. The van der Waals surface area contributed by atoms with Gasteiger partial charge in [-0.1, -0.05) is 11.6 Å². The van der Waals surface area contributed by atoms with E-state index in [1.807, 2.05) is 25.1 Å². The molecule has 1 aromatic heterocycles. The predicted octanol–water partition coefficient (Wildman–Crippen LogP) is 4.83. The molecule has 1 N–H and O–H groups in total. The van der Waals surface area contributed by atoms with E-state index >= 15 is 0 Å². The van der Waals surface area contributed by atoms with Crippen molar-refractivity contribution in [3.63, 3.8) is 0 Å². The van der Waals surface area contributed by atoms with E-state index in [9.17, 15) is 9.90 Å². The maximum absolute atomic E-state index is 11.6. The Kier molecular flexibility index (Phi) is 3.43. The number of aryl methyl sites for hydroxylation is 1. The average molecular weight is 318 g/mol. The molecule has 2 aromatic carbocycles. The number of benzene rings is 2. The van der Waals surface area contributed by atoms with Gasteiger partial charge in [-0.15, -0.1) is 11.3 Å². The number of nitrogens with zero attached hydrogens (tertiary/aromatic N) is 1. The minimum atomic E-state index is -0.165. The molecule has 3 aromatic rings. The van der Waals surface area contributed by atoms with Gasteiger partial charge in [0.2, 0.25) is 0 Å². The highest BCUT2D eigenvalue weighted by atomic mass is 35.5. The van der Waals surface area contributed by atoms with E-state index in [0.29, 0.717) is 21.2 Å². The number of phenols is 1. The summed E-state index contributed by atoms with van der Waals surface area (Å²) in [4.78, 5) is 16.1. The molecule has 0 fully saturated rings. The standard InChI is InChI=1S/C16H12ClNO2S/c1-8-5-11(9(2)19)15(20)12(6-8)16-18-13-7-10(17)3-4-14(13)21-16/h3-7,20H,1-2H3. The Morgan fingerprint density at radius 3 is 2.76 bits per heavy atom. The Morgan fingerprint density at radius 1 is 1.29 bits per heavy atom. The van der Waals surface area contributed by atoms with E-state index < -0.39 is 0 Å². The van der Waals surface area contributed by atoms with Gasteiger partial charge < -0.3 is 5.11 Å². The molecule has 0 saturated heterocycles. The van der Waals surface area contributed by atoms with Gasteiger partial charge >= 0.3 is 0 Å². The van der Waals surface area contributed by atoms with Gasteiger partial charge in [-0.05, 0) is 49.7 Å². The lowest BCUT2D eigenvalue weighted by Crippen LogP contribution is -1.95. The number of ketones is 1. The summed E-state index contributed by atoms with van der Waals surface area (Å²) in [5, 5.41) is 11.6. The van der Waals surface area contributed by atoms with Crippen molar-refractivity contribution >= 4 is 38.9 Å². The Bertz CT molecular complexity index is 870. The van der Waals surface area contributed by atoms with Gasteiger partial charge in [-0.25, -0.2) is 4.98 Å². The Labute approximate surface area is 130 Å². The van der Waals surface area contributed by atoms with Crippen LogP contribution in [0.4, 0.5) is 0 Å². The highest BCUT2D eigenvalue weighted by Crippen LogP contribution is 2.38. The number of aromatic hydroxyl groups is 1. The molecule has 0 radical (unpaired) electrons. The molecule has 0 aliphatic carbocycles. The summed E-state index contributed by atoms with van der Waals surface area (Å²) in [5.74, 6) is -0.181. The third-order valence-electron chi connectivity index (χ3n) is 3.21. The maximum atomic E-state index is 11.6. The molecule has 0 aliphatic rings. The summed E-state index contributed by atoms with van der Waals surface area (Å²) in [6.45, 7) is 3.33. The molecule has 0 bridgehead atoms. The van der Waals surface area contributed by atoms with Gasteiger partial charge in [-0.3, -0.25) is 4.79 Å². The number of hydrogen-bond acceptors (Lipinski definition) is 4. The summed E-state index contributed by atoms with van der Waals surface area (Å²) in [6.07, 6.45) is 0. The maximum Gasteiger partial charge on any atom is 0.163 e. The number of carbonyl (C=O) groups excluding carboxylic acids is 1. The molecule has 3 rings (SSSR count). The molecule has 0 unspecified atom stereocenters. The lowest BCUT2D eigenvalue weighted by molar-refractivity contribution is 0.101. The van der Waals surface area contributed by atoms with Crippen LogP contribution in [-0.4, -0.2) is 15.9 Å². The minimum Gasteiger partial charge on any atom is -0.506 e. The lowest BCUT2D eigenvalue weighted by Gasteiger charge is -2.07. The second-order valence-electron chi connectivity index (χ2n) is 4.90. The van der Waals surface area contributed by atoms with Crippen LogP contribution in [0.15, 0.2) is 30.3 Å². The predicted molar refractivity (Wildman–Crippen MR) is 86.5 cm³/mol. The number of rotatable bonds is 2. The molecule has 0 spiro atoms. The quantitative estimate of drug-likeness (QED) is 0.688. The zero-order valence-electron chi connectivity index (χ0n) is 11.5. The van der Waals surface area contributed by atoms with Gasteiger partial charge in [0, 0.05) is 5.02 Å². The number of fused-ring (bicyclic) bond motifs is 1. The third-order valence-corrected chi connectivity index (χ3v) is 4.52. The fourth-order valence-corrected chi connectivity index (χ4v) is 3.36. The van der Waals surface area contributed by atoms with Crippen LogP contribution < -0.4 is 0 Å². The Hall–Kier alpha value is -1.91. The van der Waals surface area contributed by atoms with E-state index in [4.69, 9.17) is 11.6 Å². The van der Waals surface area contributed by atoms with Crippen LogP contribution in [-0.2, 0) is 0 Å². The molecule has 0 amide bonds. The summed E-state index contributed by atoms with van der Waals surface area (Å²) in [5.41, 5.74) is 2.60. The number of carbonyl (C=O) groups is 1. The number of hydrogen-bond donors (Lipinski definition) is 1. The van der Waals surface area contributed by atoms with Gasteiger partial charge in [-0.2, -0.15) is 0 Å². The highest BCUT2D eigenvalue weighted by Gasteiger charge is 2.16. The second-order valence-corrected chi connectivity index (χ2v) is 6.36. The molecule has 1 heterocycles. The SMILES string of the molecule is CC(=O)c1cc(C)cc(-c2nc3cc(Cl)ccc3s2)c1O. The minimum absolute atomic E-state index is 0.0155. The van der Waals surface area contributed by atoms with Crippen molar-refractivity contribution in [2.45, 2.75) is 13.8 Å². The zero-order chi connectivity index (χ0) is 15.1. The molecular weight excluding hydrogens is 306 g/mol. The molecule has 0 saturated carbocycles. The van der Waals surface area contributed by atoms with Crippen molar-refractivity contribution in [2.75, 3.05) is 0 Å². The average Bonchev–Trinajstić information content (AvgIpc) is 2.83. The normalized spacial score (nSPS) is 11.0. The summed E-state index contributed by atoms with van der Waals surface area (Å²) in [7, 11) is 0. The van der Waals surface area contributed by atoms with Gasteiger partial charge in [0.1, 0.15) is 10.8 Å². The highest BCUT2D eigenvalue weighted by molar-refractivity contribution is 7.21. The fraction of sp³-hybridized carbons (Fsp3) is 0.125. The smallest absolute Gasteiger partial charge is 0.163 e. The van der Waals surface area contributed by atoms with Crippen molar-refractivity contribution in [3.05, 3.63) is 46.5 Å². The molecule has 106 valence electrons. The number of thiazole rings is 1. The van der Waals surface area contributed by atoms with E-state index in [1.54, 1.807) is 12.1 Å². The van der Waals surface area contributed by atoms with E-state index in [0.717, 1.165) is 15.8 Å². The molecule has 5 heteroatoms. The van der Waals surface area contributed by atoms with Crippen molar-refractivity contribution in [2.24, 2.45) is 0 Å². The third kappa shape index (κ3) is 2.52. The van der Waals surface area contributed by atoms with Crippen molar-refractivity contribution in [1.29, 1.82) is 0 Å². The zero-order valence-corrected chi connectivity index (χ0v) is 13.0. The van der Waals surface area contributed by atoms with Gasteiger partial charge in [0.15, 0.2) is 5.78 Å². The van der Waals surface area contributed by atoms with E-state index in [1.165, 1.54) is 18.3 Å². The van der Waals surface area contributed by atoms with Crippen molar-refractivity contribution in [1.82, 2.24) is 4.98 Å². The summed E-state index contributed by atoms with van der Waals surface area (Å²) >= 11 is 7.43. The lowest BCUT2D eigenvalue weighted by atomic mass is 10.0. The molecule has 21 heavy (non-hydrogen) atoms. The van der Waals surface area contributed by atoms with E-state index in [-0.39, 0.29) is 11.5 Å². The first kappa shape index (κ1) is 14.0. The van der Waals surface area contributed by atoms with Crippen LogP contribution in [0.25, 0.3) is 20.8 Å². The number of phenolic OH excluding ortho intramolecular Hbond substituents is 1. The Morgan fingerprint density at radius 2 is 2.05 bits per heavy atom. The summed E-state index contributed by atoms with van der Waals surface area (Å²) < 4.78 is 0.986. The van der Waals surface area contributed by atoms with Crippen LogP contribution in [0.3, 0.4) is 0 Å². The van der Waals surface area contributed by atoms with Gasteiger partial charge in [0.25, 0.3) is 0 Å². The topological polar surface area (TPSA) is 50.2 Å².